The van der Waals surface area contributed by atoms with Gasteiger partial charge in [-0.1, -0.05) is 109 Å². The van der Waals surface area contributed by atoms with Crippen LogP contribution in [-0.4, -0.2) is 79.5 Å². The lowest BCUT2D eigenvalue weighted by Crippen LogP contribution is -3.61. The number of aromatic nitrogens is 4. The van der Waals surface area contributed by atoms with Crippen molar-refractivity contribution in [1.82, 2.24) is 28.6 Å². The number of fused-ring (bicyclic) bond motifs is 2. The van der Waals surface area contributed by atoms with Gasteiger partial charge in [0.05, 0.1) is 60.6 Å². The van der Waals surface area contributed by atoms with E-state index < -0.39 is 10.1 Å². The molecule has 4 aromatic carbocycles. The van der Waals surface area contributed by atoms with E-state index in [1.165, 1.54) is 37.0 Å². The van der Waals surface area contributed by atoms with Gasteiger partial charge < -0.3 is 23.2 Å². The summed E-state index contributed by atoms with van der Waals surface area (Å²) in [6, 6.07) is 32.4. The van der Waals surface area contributed by atoms with E-state index in [0.717, 1.165) is 66.9 Å². The van der Waals surface area contributed by atoms with Crippen LogP contribution in [0.1, 0.15) is 75.9 Å². The molecule has 11 nitrogen and oxygen atoms in total. The molecule has 0 aliphatic rings. The molecule has 74 heavy (non-hydrogen) atoms. The summed E-state index contributed by atoms with van der Waals surface area (Å²) in [5.41, 5.74) is 7.90. The van der Waals surface area contributed by atoms with E-state index in [2.05, 4.69) is 74.3 Å². The summed E-state index contributed by atoms with van der Waals surface area (Å²) in [6.45, 7) is 15.1. The normalized spacial score (nSPS) is 11.2. The summed E-state index contributed by atoms with van der Waals surface area (Å²) in [6.07, 6.45) is 7.53. The van der Waals surface area contributed by atoms with Gasteiger partial charge in [0.25, 0.3) is 0 Å². The number of rotatable bonds is 17. The lowest BCUT2D eigenvalue weighted by atomic mass is 10.1. The van der Waals surface area contributed by atoms with Gasteiger partial charge >= 0.3 is 21.2 Å². The summed E-state index contributed by atoms with van der Waals surface area (Å²) in [4.78, 5) is 39.4. The van der Waals surface area contributed by atoms with Gasteiger partial charge in [-0.25, -0.2) is 22.8 Å². The number of carbonyl (C=O) groups is 2. The molecule has 0 fully saturated rings. The SMILES string of the molecule is CCCN(CCC)C(=O)Cc1c(-c2ccc([18F])cc2)nc2c(Cl)cc(Cl)cn12.CCCN(CCC)C(=O)Cc1c(-c2ccc([I+]c3ccc(C)cc3)cc2)nc2c(Cl)cc(Cl)cn12.Cc1ccc(S(=O)(=O)[O-])cc1. The molecule has 8 aromatic rings. The number of benzene rings is 4. The lowest BCUT2D eigenvalue weighted by molar-refractivity contribution is -0.597. The molecule has 0 bridgehead atoms. The molecule has 0 spiro atoms. The summed E-state index contributed by atoms with van der Waals surface area (Å²) >= 11 is 25.1. The molecule has 4 heterocycles. The van der Waals surface area contributed by atoms with Crippen molar-refractivity contribution >= 4 is 79.6 Å². The third-order valence-corrected chi connectivity index (χ3v) is 16.1. The van der Waals surface area contributed by atoms with Crippen LogP contribution < -0.4 is 21.2 Å². The van der Waals surface area contributed by atoms with Crippen LogP contribution in [0.5, 0.6) is 0 Å². The monoisotopic (exact) mass is 1210 g/mol. The Morgan fingerprint density at radius 3 is 1.30 bits per heavy atom. The number of carbonyl (C=O) groups excluding carboxylic acids is 2. The van der Waals surface area contributed by atoms with Gasteiger partial charge in [0.15, 0.2) is 18.4 Å². The van der Waals surface area contributed by atoms with E-state index in [-0.39, 0.29) is 56.6 Å². The third kappa shape index (κ3) is 15.5. The van der Waals surface area contributed by atoms with E-state index >= 15 is 0 Å². The van der Waals surface area contributed by atoms with Crippen LogP contribution in [-0.2, 0) is 32.5 Å². The number of nitrogens with zero attached hydrogens (tertiary/aromatic N) is 6. The van der Waals surface area contributed by atoms with Gasteiger partial charge in [-0.2, -0.15) is 0 Å². The van der Waals surface area contributed by atoms with E-state index in [0.29, 0.717) is 55.9 Å². The van der Waals surface area contributed by atoms with Crippen molar-refractivity contribution in [2.75, 3.05) is 26.2 Å². The Hall–Kier alpha value is -5.07. The second-order valence-corrected chi connectivity index (χ2v) is 23.6. The van der Waals surface area contributed by atoms with Crippen LogP contribution in [0.25, 0.3) is 33.8 Å². The molecule has 0 aliphatic carbocycles. The average Bonchev–Trinajstić information content (AvgIpc) is 3.91. The Morgan fingerprint density at radius 1 is 0.581 bits per heavy atom. The quantitative estimate of drug-likeness (QED) is 0.0655. The number of imidazole rings is 2. The van der Waals surface area contributed by atoms with E-state index in [9.17, 15) is 27.0 Å². The fraction of sp³-hybridized carbons (Fsp3) is 0.286. The molecule has 0 unspecified atom stereocenters. The fourth-order valence-electron chi connectivity index (χ4n) is 8.06. The minimum absolute atomic E-state index is 0.0185. The highest BCUT2D eigenvalue weighted by Gasteiger charge is 2.25. The first-order chi connectivity index (χ1) is 35.3. The molecule has 390 valence electrons. The van der Waals surface area contributed by atoms with Crippen molar-refractivity contribution in [3.8, 4) is 22.5 Å². The maximum absolute atomic E-state index is 13.4. The van der Waals surface area contributed by atoms with Crippen LogP contribution >= 0.6 is 46.4 Å². The van der Waals surface area contributed by atoms with Crippen molar-refractivity contribution in [2.24, 2.45) is 0 Å². The zero-order chi connectivity index (χ0) is 53.7. The topological polar surface area (TPSA) is 132 Å². The molecule has 4 aromatic heterocycles. The fourth-order valence-corrected chi connectivity index (χ4v) is 11.7. The molecule has 0 aliphatic heterocycles. The highest BCUT2D eigenvalue weighted by molar-refractivity contribution is 7.85. The van der Waals surface area contributed by atoms with E-state index in [1.807, 2.05) is 35.0 Å². The molecule has 8 rings (SSSR count). The summed E-state index contributed by atoms with van der Waals surface area (Å²) in [5, 5.41) is 1.83. The number of pyridine rings is 2. The summed E-state index contributed by atoms with van der Waals surface area (Å²) in [7, 11) is -4.27. The Kier molecular flexibility index (Phi) is 21.3. The van der Waals surface area contributed by atoms with Gasteiger partial charge in [0, 0.05) is 49.7 Å². The minimum Gasteiger partial charge on any atom is -0.744 e. The predicted molar refractivity (Wildman–Crippen MR) is 291 cm³/mol. The van der Waals surface area contributed by atoms with Crippen LogP contribution in [0, 0.1) is 26.8 Å². The Morgan fingerprint density at radius 2 is 0.932 bits per heavy atom. The lowest BCUT2D eigenvalue weighted by Gasteiger charge is -2.21. The second-order valence-electron chi connectivity index (χ2n) is 17.5. The summed E-state index contributed by atoms with van der Waals surface area (Å²) in [5.74, 6) is -0.219. The van der Waals surface area contributed by atoms with Gasteiger partial charge in [-0.15, -0.1) is 0 Å². The number of amides is 2. The van der Waals surface area contributed by atoms with Crippen LogP contribution in [0.15, 0.2) is 126 Å². The molecule has 0 N–H and O–H groups in total. The summed E-state index contributed by atoms with van der Waals surface area (Å²) < 4.78 is 50.9. The first-order valence-corrected chi connectivity index (χ1v) is 29.3. The molecular weight excluding hydrogens is 1160 g/mol. The van der Waals surface area contributed by atoms with Crippen molar-refractivity contribution in [2.45, 2.75) is 85.0 Å². The van der Waals surface area contributed by atoms with Crippen LogP contribution in [0.2, 0.25) is 20.1 Å². The number of hydrogen-bond acceptors (Lipinski definition) is 7. The second kappa shape index (κ2) is 27.1. The molecular formula is C56H58Cl4FIN6O5S. The van der Waals surface area contributed by atoms with Gasteiger partial charge in [-0.3, -0.25) is 9.59 Å². The first kappa shape index (κ1) is 58.2. The van der Waals surface area contributed by atoms with Crippen LogP contribution in [0.4, 0.5) is 4.39 Å². The number of hydrogen-bond donors (Lipinski definition) is 0. The number of halogens is 6. The predicted octanol–water partition coefficient (Wildman–Crippen LogP) is 10.5. The average molecular weight is 1210 g/mol. The standard InChI is InChI=1S/C28H29Cl2IN3O.C21H22Cl2FN3O.C7H8O3S/c1-4-14-33(15-5-2)26(35)17-25-27(32-28-24(30)16-21(29)18-34(25)28)20-8-12-23(13-9-20)31-22-10-6-19(3)7-11-22;1-3-9-26(10-4-2)19(28)12-18-20(14-5-7-16(24)8-6-14)25-21-17(23)11-15(22)13-27(18)21;1-6-2-4-7(5-3-6)11(8,9)10/h6-13,16,18H,4-5,14-15,17H2,1-3H3;5-8,11,13H,3-4,9-10,12H2,1-2H3;2-5H,1H3,(H,8,9,10)/q+1;;/p-1/i;24-1;. The number of aryl methyl sites for hydroxylation is 2. The van der Waals surface area contributed by atoms with Crippen molar-refractivity contribution in [3.63, 3.8) is 0 Å². The maximum atomic E-state index is 13.4. The van der Waals surface area contributed by atoms with Crippen molar-refractivity contribution in [3.05, 3.63) is 177 Å². The van der Waals surface area contributed by atoms with E-state index in [1.54, 1.807) is 53.2 Å². The Balaban J connectivity index is 0.000000203. The third-order valence-electron chi connectivity index (χ3n) is 11.6. The molecule has 0 saturated carbocycles. The van der Waals surface area contributed by atoms with E-state index in [4.69, 9.17) is 51.4 Å². The maximum Gasteiger partial charge on any atom is 0.357 e. The molecule has 18 heteroatoms. The van der Waals surface area contributed by atoms with Crippen LogP contribution in [0.3, 0.4) is 0 Å². The molecule has 0 radical (unpaired) electrons. The molecule has 2 amide bonds. The van der Waals surface area contributed by atoms with Crippen molar-refractivity contribution in [1.29, 1.82) is 0 Å². The highest BCUT2D eigenvalue weighted by Crippen LogP contribution is 2.32. The highest BCUT2D eigenvalue weighted by atomic mass is 127. The van der Waals surface area contributed by atoms with Gasteiger partial charge in [-0.05, 0) is 124 Å². The largest absolute Gasteiger partial charge is 0.744 e. The zero-order valence-corrected chi connectivity index (χ0v) is 48.0. The smallest absolute Gasteiger partial charge is 0.357 e. The zero-order valence-electron chi connectivity index (χ0n) is 42.0. The molecule has 0 saturated heterocycles. The Bertz CT molecular complexity index is 3290. The van der Waals surface area contributed by atoms with Gasteiger partial charge in [0.1, 0.15) is 15.9 Å². The Labute approximate surface area is 463 Å². The molecule has 0 atom stereocenters. The minimum atomic E-state index is -4.27. The van der Waals surface area contributed by atoms with Crippen molar-refractivity contribution < 1.29 is 48.2 Å². The van der Waals surface area contributed by atoms with Gasteiger partial charge in [0.2, 0.25) is 11.8 Å². The first-order valence-electron chi connectivity index (χ1n) is 24.2.